The highest BCUT2D eigenvalue weighted by Gasteiger charge is 2.31. The quantitative estimate of drug-likeness (QED) is 0.734. The second-order valence-corrected chi connectivity index (χ2v) is 4.96. The molecule has 1 heterocycles. The summed E-state index contributed by atoms with van der Waals surface area (Å²) in [7, 11) is 1.58. The molecule has 0 aromatic heterocycles. The van der Waals surface area contributed by atoms with Crippen molar-refractivity contribution in [3.8, 4) is 11.5 Å². The minimum Gasteiger partial charge on any atom is -0.508 e. The molecular formula is C14H21N3O3. The molecule has 2 rings (SSSR count). The summed E-state index contributed by atoms with van der Waals surface area (Å²) in [6.07, 6.45) is 0. The summed E-state index contributed by atoms with van der Waals surface area (Å²) in [5, 5.41) is 13.2. The lowest BCUT2D eigenvalue weighted by Gasteiger charge is -2.38. The number of hydrogen-bond donors (Lipinski definition) is 3. The van der Waals surface area contributed by atoms with Gasteiger partial charge in [-0.25, -0.2) is 0 Å². The molecule has 20 heavy (non-hydrogen) atoms. The van der Waals surface area contributed by atoms with E-state index in [1.54, 1.807) is 25.3 Å². The number of aromatic hydroxyl groups is 1. The summed E-state index contributed by atoms with van der Waals surface area (Å²) in [4.78, 5) is 13.6. The molecule has 1 aromatic rings. The normalized spacial score (nSPS) is 21.4. The highest BCUT2D eigenvalue weighted by Crippen LogP contribution is 2.32. The van der Waals surface area contributed by atoms with Crippen molar-refractivity contribution in [2.75, 3.05) is 26.7 Å². The number of primary amides is 1. The van der Waals surface area contributed by atoms with E-state index < -0.39 is 0 Å². The van der Waals surface area contributed by atoms with Crippen LogP contribution in [0.25, 0.3) is 0 Å². The Morgan fingerprint density at radius 1 is 1.60 bits per heavy atom. The molecule has 0 radical (unpaired) electrons. The van der Waals surface area contributed by atoms with Gasteiger partial charge in [0.15, 0.2) is 0 Å². The lowest BCUT2D eigenvalue weighted by Crippen LogP contribution is -2.57. The van der Waals surface area contributed by atoms with E-state index in [4.69, 9.17) is 10.5 Å². The molecule has 2 atom stereocenters. The average Bonchev–Trinajstić information content (AvgIpc) is 2.47. The Bertz CT molecular complexity index is 493. The SMILES string of the molecule is COc1ccc(O)c(C(C)N2CCNCC2C(N)=O)c1. The number of phenols is 1. The number of carbonyl (C=O) groups excluding carboxylic acids is 1. The molecule has 110 valence electrons. The van der Waals surface area contributed by atoms with Crippen LogP contribution in [0.1, 0.15) is 18.5 Å². The van der Waals surface area contributed by atoms with Crippen LogP contribution in [0.4, 0.5) is 0 Å². The number of amides is 1. The molecule has 1 aliphatic heterocycles. The summed E-state index contributed by atoms with van der Waals surface area (Å²) >= 11 is 0. The molecule has 4 N–H and O–H groups in total. The predicted molar refractivity (Wildman–Crippen MR) is 75.6 cm³/mol. The third-order valence-electron chi connectivity index (χ3n) is 3.80. The monoisotopic (exact) mass is 279 g/mol. The first-order valence-corrected chi connectivity index (χ1v) is 6.67. The van der Waals surface area contributed by atoms with E-state index in [2.05, 4.69) is 5.32 Å². The van der Waals surface area contributed by atoms with Gasteiger partial charge in [-0.1, -0.05) is 0 Å². The molecule has 1 amide bonds. The number of nitrogens with two attached hydrogens (primary N) is 1. The number of benzene rings is 1. The molecule has 6 heteroatoms. The van der Waals surface area contributed by atoms with E-state index in [1.807, 2.05) is 11.8 Å². The maximum Gasteiger partial charge on any atom is 0.236 e. The van der Waals surface area contributed by atoms with Gasteiger partial charge in [-0.05, 0) is 25.1 Å². The Morgan fingerprint density at radius 3 is 3.00 bits per heavy atom. The number of nitrogens with one attached hydrogen (secondary N) is 1. The first kappa shape index (κ1) is 14.6. The second kappa shape index (κ2) is 6.11. The Kier molecular flexibility index (Phi) is 4.46. The number of phenolic OH excluding ortho intramolecular Hbond substituents is 1. The molecule has 1 aromatic carbocycles. The topological polar surface area (TPSA) is 87.8 Å². The Labute approximate surface area is 118 Å². The second-order valence-electron chi connectivity index (χ2n) is 4.96. The predicted octanol–water partition coefficient (Wildman–Crippen LogP) is 0.221. The van der Waals surface area contributed by atoms with Crippen molar-refractivity contribution in [3.63, 3.8) is 0 Å². The maximum absolute atomic E-state index is 11.6. The van der Waals surface area contributed by atoms with Crippen LogP contribution in [0.5, 0.6) is 11.5 Å². The number of nitrogens with zero attached hydrogens (tertiary/aromatic N) is 1. The van der Waals surface area contributed by atoms with E-state index in [-0.39, 0.29) is 23.7 Å². The maximum atomic E-state index is 11.6. The van der Waals surface area contributed by atoms with Crippen molar-refractivity contribution in [1.82, 2.24) is 10.2 Å². The standard InChI is InChI=1S/C14H21N3O3/c1-9(11-7-10(20-2)3-4-13(11)18)17-6-5-16-8-12(17)14(15)19/h3-4,7,9,12,16,18H,5-6,8H2,1-2H3,(H2,15,19). The molecule has 1 aliphatic rings. The first-order valence-electron chi connectivity index (χ1n) is 6.67. The van der Waals surface area contributed by atoms with Crippen molar-refractivity contribution in [2.24, 2.45) is 5.73 Å². The zero-order valence-corrected chi connectivity index (χ0v) is 11.8. The lowest BCUT2D eigenvalue weighted by molar-refractivity contribution is -0.124. The highest BCUT2D eigenvalue weighted by molar-refractivity contribution is 5.80. The molecule has 0 aliphatic carbocycles. The number of carbonyl (C=O) groups is 1. The molecule has 0 spiro atoms. The van der Waals surface area contributed by atoms with Gasteiger partial charge < -0.3 is 20.9 Å². The fourth-order valence-corrected chi connectivity index (χ4v) is 2.62. The number of piperazine rings is 1. The fraction of sp³-hybridized carbons (Fsp3) is 0.500. The van der Waals surface area contributed by atoms with Crippen LogP contribution in [-0.2, 0) is 4.79 Å². The van der Waals surface area contributed by atoms with Crippen molar-refractivity contribution in [2.45, 2.75) is 19.0 Å². The first-order chi connectivity index (χ1) is 9.54. The van der Waals surface area contributed by atoms with E-state index >= 15 is 0 Å². The summed E-state index contributed by atoms with van der Waals surface area (Å²) in [5.41, 5.74) is 6.19. The highest BCUT2D eigenvalue weighted by atomic mass is 16.5. The number of ether oxygens (including phenoxy) is 1. The summed E-state index contributed by atoms with van der Waals surface area (Å²) in [6, 6.07) is 4.61. The third kappa shape index (κ3) is 2.86. The minimum absolute atomic E-state index is 0.121. The van der Waals surface area contributed by atoms with Crippen LogP contribution < -0.4 is 15.8 Å². The number of rotatable bonds is 4. The Balaban J connectivity index is 2.29. The molecule has 2 unspecified atom stereocenters. The van der Waals surface area contributed by atoms with Gasteiger partial charge in [0.2, 0.25) is 5.91 Å². The van der Waals surface area contributed by atoms with E-state index in [1.165, 1.54) is 0 Å². The molecule has 1 saturated heterocycles. The van der Waals surface area contributed by atoms with Crippen LogP contribution in [0.2, 0.25) is 0 Å². The van der Waals surface area contributed by atoms with Gasteiger partial charge in [-0.3, -0.25) is 9.69 Å². The molecular weight excluding hydrogens is 258 g/mol. The van der Waals surface area contributed by atoms with Gasteiger partial charge in [0.05, 0.1) is 7.11 Å². The fourth-order valence-electron chi connectivity index (χ4n) is 2.62. The molecule has 0 bridgehead atoms. The van der Waals surface area contributed by atoms with E-state index in [0.29, 0.717) is 18.8 Å². The third-order valence-corrected chi connectivity index (χ3v) is 3.80. The zero-order valence-electron chi connectivity index (χ0n) is 11.8. The number of methoxy groups -OCH3 is 1. The largest absolute Gasteiger partial charge is 0.508 e. The Hall–Kier alpha value is -1.79. The van der Waals surface area contributed by atoms with Crippen LogP contribution in [0.3, 0.4) is 0 Å². The summed E-state index contributed by atoms with van der Waals surface area (Å²) in [6.45, 7) is 3.98. The van der Waals surface area contributed by atoms with Crippen LogP contribution in [-0.4, -0.2) is 48.7 Å². The smallest absolute Gasteiger partial charge is 0.236 e. The summed E-state index contributed by atoms with van der Waals surface area (Å²) in [5.74, 6) is 0.516. The van der Waals surface area contributed by atoms with Gasteiger partial charge in [-0.2, -0.15) is 0 Å². The lowest BCUT2D eigenvalue weighted by atomic mass is 10.0. The average molecular weight is 279 g/mol. The van der Waals surface area contributed by atoms with Crippen LogP contribution >= 0.6 is 0 Å². The van der Waals surface area contributed by atoms with Crippen molar-refractivity contribution >= 4 is 5.91 Å². The number of hydrogen-bond acceptors (Lipinski definition) is 5. The van der Waals surface area contributed by atoms with Gasteiger partial charge >= 0.3 is 0 Å². The van der Waals surface area contributed by atoms with E-state index in [9.17, 15) is 9.90 Å². The van der Waals surface area contributed by atoms with Crippen molar-refractivity contribution < 1.29 is 14.6 Å². The van der Waals surface area contributed by atoms with E-state index in [0.717, 1.165) is 12.1 Å². The van der Waals surface area contributed by atoms with Gasteiger partial charge in [-0.15, -0.1) is 0 Å². The van der Waals surface area contributed by atoms with Crippen molar-refractivity contribution in [3.05, 3.63) is 23.8 Å². The van der Waals surface area contributed by atoms with Crippen LogP contribution in [0.15, 0.2) is 18.2 Å². The Morgan fingerprint density at radius 2 is 2.35 bits per heavy atom. The zero-order chi connectivity index (χ0) is 14.7. The molecule has 6 nitrogen and oxygen atoms in total. The van der Waals surface area contributed by atoms with Gasteiger partial charge in [0.25, 0.3) is 0 Å². The van der Waals surface area contributed by atoms with Crippen LogP contribution in [0, 0.1) is 0 Å². The molecule has 0 saturated carbocycles. The molecule has 1 fully saturated rings. The van der Waals surface area contributed by atoms with Gasteiger partial charge in [0, 0.05) is 31.2 Å². The summed E-state index contributed by atoms with van der Waals surface area (Å²) < 4.78 is 5.19. The van der Waals surface area contributed by atoms with Crippen molar-refractivity contribution in [1.29, 1.82) is 0 Å². The van der Waals surface area contributed by atoms with Gasteiger partial charge in [0.1, 0.15) is 17.5 Å². The minimum atomic E-state index is -0.371.